The van der Waals surface area contributed by atoms with Crippen LogP contribution in [-0.4, -0.2) is 33.3 Å². The van der Waals surface area contributed by atoms with Crippen molar-refractivity contribution in [2.24, 2.45) is 4.99 Å². The zero-order valence-corrected chi connectivity index (χ0v) is 16.4. The van der Waals surface area contributed by atoms with Gasteiger partial charge in [0.05, 0.1) is 22.3 Å². The number of thioether (sulfide) groups is 2. The zero-order chi connectivity index (χ0) is 16.9. The van der Waals surface area contributed by atoms with Crippen molar-refractivity contribution in [2.75, 3.05) is 23.4 Å². The maximum atomic E-state index is 12.0. The molecule has 0 fully saturated rings. The smallest absolute Gasteiger partial charge is 0.226 e. The van der Waals surface area contributed by atoms with Crippen molar-refractivity contribution in [1.29, 1.82) is 0 Å². The average Bonchev–Trinajstić information content (AvgIpc) is 3.22. The van der Waals surface area contributed by atoms with Crippen LogP contribution in [0.4, 0.5) is 5.13 Å². The molecule has 0 radical (unpaired) electrons. The van der Waals surface area contributed by atoms with E-state index >= 15 is 0 Å². The van der Waals surface area contributed by atoms with Crippen LogP contribution in [0, 0.1) is 0 Å². The molecule has 24 heavy (non-hydrogen) atoms. The Morgan fingerprint density at radius 2 is 2.21 bits per heavy atom. The number of anilines is 1. The van der Waals surface area contributed by atoms with Gasteiger partial charge >= 0.3 is 0 Å². The molecule has 0 atom stereocenters. The van der Waals surface area contributed by atoms with Crippen LogP contribution in [0.1, 0.15) is 6.42 Å². The number of aromatic nitrogens is 1. The molecule has 9 heteroatoms. The SMILES string of the molecule is O=C(CCSC1=NCCS1)Nc1nc(-c2ccc(Cl)c(Cl)c2)cs1. The molecule has 1 aromatic heterocycles. The van der Waals surface area contributed by atoms with Gasteiger partial charge in [0.2, 0.25) is 5.91 Å². The second-order valence-corrected chi connectivity index (χ2v) is 8.91. The van der Waals surface area contributed by atoms with E-state index in [-0.39, 0.29) is 5.91 Å². The van der Waals surface area contributed by atoms with Gasteiger partial charge in [-0.25, -0.2) is 4.98 Å². The molecule has 126 valence electrons. The second kappa shape index (κ2) is 8.58. The lowest BCUT2D eigenvalue weighted by Gasteiger charge is -2.02. The minimum atomic E-state index is -0.0406. The molecule has 4 nitrogen and oxygen atoms in total. The zero-order valence-electron chi connectivity index (χ0n) is 12.4. The number of nitrogens with one attached hydrogen (secondary N) is 1. The largest absolute Gasteiger partial charge is 0.302 e. The standard InChI is InChI=1S/C15H13Cl2N3OS3/c16-10-2-1-9(7-11(10)17)12-8-24-14(19-12)20-13(21)3-5-22-15-18-4-6-23-15/h1-2,7-8H,3-6H2,(H,19,20,21). The first-order valence-corrected chi connectivity index (χ1v) is 10.7. The van der Waals surface area contributed by atoms with Crippen molar-refractivity contribution in [3.8, 4) is 11.3 Å². The number of carbonyl (C=O) groups excluding carboxylic acids is 1. The number of amides is 1. The van der Waals surface area contributed by atoms with E-state index in [9.17, 15) is 4.79 Å². The summed E-state index contributed by atoms with van der Waals surface area (Å²) in [6, 6.07) is 5.35. The molecule has 0 spiro atoms. The van der Waals surface area contributed by atoms with Gasteiger partial charge in [-0.05, 0) is 12.1 Å². The minimum Gasteiger partial charge on any atom is -0.302 e. The number of carbonyl (C=O) groups is 1. The fourth-order valence-electron chi connectivity index (χ4n) is 1.93. The summed E-state index contributed by atoms with van der Waals surface area (Å²) in [5.41, 5.74) is 1.63. The Labute approximate surface area is 162 Å². The van der Waals surface area contributed by atoms with Crippen LogP contribution >= 0.6 is 58.1 Å². The van der Waals surface area contributed by atoms with Crippen LogP contribution in [0.5, 0.6) is 0 Å². The van der Waals surface area contributed by atoms with E-state index in [1.54, 1.807) is 35.7 Å². The number of rotatable bonds is 5. The Kier molecular flexibility index (Phi) is 6.46. The van der Waals surface area contributed by atoms with Crippen molar-refractivity contribution in [1.82, 2.24) is 4.98 Å². The van der Waals surface area contributed by atoms with Gasteiger partial charge in [-0.2, -0.15) is 0 Å². The third-order valence-electron chi connectivity index (χ3n) is 3.08. The van der Waals surface area contributed by atoms with Crippen LogP contribution < -0.4 is 5.32 Å². The highest BCUT2D eigenvalue weighted by atomic mass is 35.5. The highest BCUT2D eigenvalue weighted by Crippen LogP contribution is 2.30. The van der Waals surface area contributed by atoms with Crippen molar-refractivity contribution in [3.63, 3.8) is 0 Å². The van der Waals surface area contributed by atoms with E-state index in [0.717, 1.165) is 33.7 Å². The Balaban J connectivity index is 1.53. The van der Waals surface area contributed by atoms with Crippen LogP contribution in [0.3, 0.4) is 0 Å². The maximum absolute atomic E-state index is 12.0. The van der Waals surface area contributed by atoms with E-state index in [4.69, 9.17) is 23.2 Å². The number of hydrogen-bond acceptors (Lipinski definition) is 6. The normalized spacial score (nSPS) is 13.8. The van der Waals surface area contributed by atoms with Crippen molar-refractivity contribution >= 4 is 73.5 Å². The van der Waals surface area contributed by atoms with Gasteiger partial charge in [0.15, 0.2) is 5.13 Å². The number of benzene rings is 1. The van der Waals surface area contributed by atoms with Crippen molar-refractivity contribution < 1.29 is 4.79 Å². The summed E-state index contributed by atoms with van der Waals surface area (Å²) in [6.45, 7) is 0.885. The molecule has 0 aliphatic carbocycles. The predicted octanol–water partition coefficient (Wildman–Crippen LogP) is 5.28. The van der Waals surface area contributed by atoms with Crippen molar-refractivity contribution in [2.45, 2.75) is 6.42 Å². The molecule has 0 bridgehead atoms. The Hall–Kier alpha value is -0.730. The lowest BCUT2D eigenvalue weighted by atomic mass is 10.2. The van der Waals surface area contributed by atoms with E-state index in [1.807, 2.05) is 11.4 Å². The lowest BCUT2D eigenvalue weighted by Crippen LogP contribution is -2.12. The van der Waals surface area contributed by atoms with Gasteiger partial charge in [-0.15, -0.1) is 11.3 Å². The van der Waals surface area contributed by atoms with E-state index < -0.39 is 0 Å². The average molecular weight is 418 g/mol. The molecule has 0 saturated carbocycles. The fraction of sp³-hybridized carbons (Fsp3) is 0.267. The summed E-state index contributed by atoms with van der Waals surface area (Å²) in [5.74, 6) is 1.73. The quantitative estimate of drug-likeness (QED) is 0.718. The third-order valence-corrected chi connectivity index (χ3v) is 6.83. The lowest BCUT2D eigenvalue weighted by molar-refractivity contribution is -0.115. The highest BCUT2D eigenvalue weighted by Gasteiger charge is 2.11. The van der Waals surface area contributed by atoms with Gasteiger partial charge in [-0.3, -0.25) is 9.79 Å². The summed E-state index contributed by atoms with van der Waals surface area (Å²) in [4.78, 5) is 20.8. The van der Waals surface area contributed by atoms with E-state index in [0.29, 0.717) is 21.6 Å². The summed E-state index contributed by atoms with van der Waals surface area (Å²) >= 11 is 16.7. The van der Waals surface area contributed by atoms with Gasteiger partial charge in [0, 0.05) is 28.9 Å². The van der Waals surface area contributed by atoms with Crippen LogP contribution in [0.2, 0.25) is 10.0 Å². The summed E-state index contributed by atoms with van der Waals surface area (Å²) in [5, 5.41) is 6.29. The molecule has 1 aliphatic heterocycles. The molecular formula is C15H13Cl2N3OS3. The predicted molar refractivity (Wildman–Crippen MR) is 108 cm³/mol. The molecule has 1 aromatic carbocycles. The minimum absolute atomic E-state index is 0.0406. The topological polar surface area (TPSA) is 54.4 Å². The second-order valence-electron chi connectivity index (χ2n) is 4.81. The molecule has 1 N–H and O–H groups in total. The number of thiazole rings is 1. The molecule has 2 aromatic rings. The summed E-state index contributed by atoms with van der Waals surface area (Å²) < 4.78 is 1.08. The molecule has 2 heterocycles. The molecular weight excluding hydrogens is 405 g/mol. The first-order chi connectivity index (χ1) is 11.6. The van der Waals surface area contributed by atoms with Gasteiger partial charge in [0.1, 0.15) is 4.38 Å². The molecule has 1 amide bonds. The Morgan fingerprint density at radius 3 is 2.96 bits per heavy atom. The summed E-state index contributed by atoms with van der Waals surface area (Å²) in [7, 11) is 0. The van der Waals surface area contributed by atoms with Gasteiger partial charge in [0.25, 0.3) is 0 Å². The number of halogens is 2. The molecule has 3 rings (SSSR count). The van der Waals surface area contributed by atoms with Gasteiger partial charge in [-0.1, -0.05) is 52.8 Å². The summed E-state index contributed by atoms with van der Waals surface area (Å²) in [6.07, 6.45) is 0.436. The monoisotopic (exact) mass is 417 g/mol. The number of nitrogens with zero attached hydrogens (tertiary/aromatic N) is 2. The fourth-order valence-corrected chi connectivity index (χ4v) is 4.99. The van der Waals surface area contributed by atoms with Crippen LogP contribution in [-0.2, 0) is 4.79 Å². The maximum Gasteiger partial charge on any atom is 0.226 e. The van der Waals surface area contributed by atoms with Crippen molar-refractivity contribution in [3.05, 3.63) is 33.6 Å². The molecule has 1 aliphatic rings. The molecule has 0 saturated heterocycles. The Bertz CT molecular complexity index is 779. The molecule has 0 unspecified atom stereocenters. The van der Waals surface area contributed by atoms with Gasteiger partial charge < -0.3 is 5.32 Å². The Morgan fingerprint density at radius 1 is 1.33 bits per heavy atom. The highest BCUT2D eigenvalue weighted by molar-refractivity contribution is 8.39. The van der Waals surface area contributed by atoms with Crippen LogP contribution in [0.25, 0.3) is 11.3 Å². The first kappa shape index (κ1) is 18.1. The first-order valence-electron chi connectivity index (χ1n) is 7.12. The van der Waals surface area contributed by atoms with E-state index in [1.165, 1.54) is 11.3 Å². The number of hydrogen-bond donors (Lipinski definition) is 1. The third kappa shape index (κ3) is 4.89. The van der Waals surface area contributed by atoms with E-state index in [2.05, 4.69) is 15.3 Å². The van der Waals surface area contributed by atoms with Crippen LogP contribution in [0.15, 0.2) is 28.6 Å². The number of aliphatic imine (C=N–C) groups is 1.